The van der Waals surface area contributed by atoms with Gasteiger partial charge >= 0.3 is 7.60 Å². The molecule has 1 atom stereocenters. The molecule has 0 aliphatic heterocycles. The highest BCUT2D eigenvalue weighted by Gasteiger charge is 2.45. The molecule has 0 bridgehead atoms. The molecule has 0 heterocycles. The first-order valence-corrected chi connectivity index (χ1v) is 8.70. The number of unbranched alkanes of at least 4 members (excludes halogenated alkanes) is 3. The van der Waals surface area contributed by atoms with E-state index in [2.05, 4.69) is 6.92 Å². The predicted octanol–water partition coefficient (Wildman–Crippen LogP) is 4.44. The average molecular weight is 284 g/mol. The summed E-state index contributed by atoms with van der Waals surface area (Å²) >= 11 is 0. The molecule has 0 aliphatic carbocycles. The van der Waals surface area contributed by atoms with Gasteiger partial charge in [-0.3, -0.25) is 4.57 Å². The van der Waals surface area contributed by atoms with E-state index >= 15 is 0 Å². The summed E-state index contributed by atoms with van der Waals surface area (Å²) in [6, 6.07) is 9.24. The third-order valence-corrected chi connectivity index (χ3v) is 5.81. The molecule has 1 unspecified atom stereocenters. The minimum atomic E-state index is -4.18. The number of hydrogen-bond donors (Lipinski definition) is 2. The highest BCUT2D eigenvalue weighted by Crippen LogP contribution is 2.61. The zero-order chi connectivity index (χ0) is 14.4. The molecular weight excluding hydrogens is 259 g/mol. The molecule has 0 fully saturated rings. The van der Waals surface area contributed by atoms with E-state index in [-0.39, 0.29) is 0 Å². The summed E-state index contributed by atoms with van der Waals surface area (Å²) in [6.45, 7) is 4.00. The second-order valence-electron chi connectivity index (χ2n) is 5.11. The molecule has 0 saturated heterocycles. The van der Waals surface area contributed by atoms with E-state index in [0.29, 0.717) is 12.8 Å². The molecule has 4 heteroatoms. The Balaban J connectivity index is 3.00. The van der Waals surface area contributed by atoms with Crippen LogP contribution in [0.3, 0.4) is 0 Å². The molecule has 1 aromatic carbocycles. The van der Waals surface area contributed by atoms with Crippen LogP contribution in [0.5, 0.6) is 0 Å². The molecule has 0 amide bonds. The lowest BCUT2D eigenvalue weighted by Gasteiger charge is -2.34. The van der Waals surface area contributed by atoms with E-state index < -0.39 is 12.8 Å². The Morgan fingerprint density at radius 1 is 1.05 bits per heavy atom. The third-order valence-electron chi connectivity index (χ3n) is 3.90. The molecule has 3 nitrogen and oxygen atoms in total. The van der Waals surface area contributed by atoms with Crippen LogP contribution in [-0.2, 0) is 9.72 Å². The van der Waals surface area contributed by atoms with Crippen LogP contribution in [0.15, 0.2) is 30.3 Å². The maximum absolute atomic E-state index is 12.0. The maximum atomic E-state index is 12.0. The first-order chi connectivity index (χ1) is 8.98. The van der Waals surface area contributed by atoms with Crippen LogP contribution in [0, 0.1) is 0 Å². The highest BCUT2D eigenvalue weighted by molar-refractivity contribution is 7.53. The monoisotopic (exact) mass is 284 g/mol. The van der Waals surface area contributed by atoms with Crippen molar-refractivity contribution < 1.29 is 14.4 Å². The summed E-state index contributed by atoms with van der Waals surface area (Å²) in [5.74, 6) is 0. The van der Waals surface area contributed by atoms with Crippen LogP contribution >= 0.6 is 7.60 Å². The van der Waals surface area contributed by atoms with E-state index in [1.807, 2.05) is 37.3 Å². The SMILES string of the molecule is CCCCCCC(CC)(c1ccccc1)P(=O)(O)O. The molecule has 0 aliphatic rings. The normalized spacial score (nSPS) is 15.2. The molecular formula is C15H25O3P. The molecule has 1 aromatic rings. The predicted molar refractivity (Wildman–Crippen MR) is 79.2 cm³/mol. The van der Waals surface area contributed by atoms with Crippen LogP contribution in [-0.4, -0.2) is 9.79 Å². The zero-order valence-corrected chi connectivity index (χ0v) is 12.8. The van der Waals surface area contributed by atoms with Gasteiger partial charge in [0.25, 0.3) is 0 Å². The molecule has 0 radical (unpaired) electrons. The van der Waals surface area contributed by atoms with Gasteiger partial charge in [-0.25, -0.2) is 0 Å². The fraction of sp³-hybridized carbons (Fsp3) is 0.600. The number of benzene rings is 1. The van der Waals surface area contributed by atoms with Crippen LogP contribution in [0.25, 0.3) is 0 Å². The minimum Gasteiger partial charge on any atom is -0.324 e. The van der Waals surface area contributed by atoms with Crippen LogP contribution in [0.2, 0.25) is 0 Å². The summed E-state index contributed by atoms with van der Waals surface area (Å²) in [6.07, 6.45) is 5.16. The zero-order valence-electron chi connectivity index (χ0n) is 11.9. The fourth-order valence-corrected chi connectivity index (χ4v) is 3.98. The average Bonchev–Trinajstić information content (AvgIpc) is 2.39. The Bertz CT molecular complexity index is 413. The van der Waals surface area contributed by atoms with Gasteiger partial charge in [-0.1, -0.05) is 69.9 Å². The standard InChI is InChI=1S/C15H25O3P/c1-3-5-6-10-13-15(4-2,19(16,17)18)14-11-8-7-9-12-14/h7-9,11-12H,3-6,10,13H2,1-2H3,(H2,16,17,18). The van der Waals surface area contributed by atoms with Gasteiger partial charge in [-0.2, -0.15) is 0 Å². The van der Waals surface area contributed by atoms with E-state index in [4.69, 9.17) is 0 Å². The largest absolute Gasteiger partial charge is 0.335 e. The molecule has 2 N–H and O–H groups in total. The van der Waals surface area contributed by atoms with Crippen LogP contribution in [0.4, 0.5) is 0 Å². The van der Waals surface area contributed by atoms with E-state index in [0.717, 1.165) is 31.2 Å². The van der Waals surface area contributed by atoms with Gasteiger partial charge in [-0.05, 0) is 18.4 Å². The molecule has 0 saturated carbocycles. The molecule has 0 aromatic heterocycles. The summed E-state index contributed by atoms with van der Waals surface area (Å²) in [4.78, 5) is 19.7. The summed E-state index contributed by atoms with van der Waals surface area (Å²) in [5, 5.41) is -1.01. The second-order valence-corrected chi connectivity index (χ2v) is 7.05. The van der Waals surface area contributed by atoms with Crippen molar-refractivity contribution in [3.05, 3.63) is 35.9 Å². The van der Waals surface area contributed by atoms with Crippen LogP contribution in [0.1, 0.15) is 57.9 Å². The lowest BCUT2D eigenvalue weighted by molar-refractivity contribution is 0.307. The van der Waals surface area contributed by atoms with E-state index in [1.54, 1.807) is 0 Å². The van der Waals surface area contributed by atoms with Gasteiger partial charge in [0.15, 0.2) is 0 Å². The minimum absolute atomic E-state index is 0.466. The maximum Gasteiger partial charge on any atom is 0.335 e. The van der Waals surface area contributed by atoms with Gasteiger partial charge in [0.05, 0.1) is 5.16 Å². The van der Waals surface area contributed by atoms with Gasteiger partial charge < -0.3 is 9.79 Å². The Hall–Kier alpha value is -0.630. The molecule has 108 valence electrons. The van der Waals surface area contributed by atoms with Gasteiger partial charge in [0.2, 0.25) is 0 Å². The summed E-state index contributed by atoms with van der Waals surface area (Å²) in [5.41, 5.74) is 0.766. The van der Waals surface area contributed by atoms with Crippen molar-refractivity contribution in [1.29, 1.82) is 0 Å². The van der Waals surface area contributed by atoms with Crippen molar-refractivity contribution in [2.75, 3.05) is 0 Å². The van der Waals surface area contributed by atoms with Crippen molar-refractivity contribution in [3.8, 4) is 0 Å². The van der Waals surface area contributed by atoms with Gasteiger partial charge in [0, 0.05) is 0 Å². The highest BCUT2D eigenvalue weighted by atomic mass is 31.2. The first kappa shape index (κ1) is 16.4. The van der Waals surface area contributed by atoms with E-state index in [1.165, 1.54) is 0 Å². The van der Waals surface area contributed by atoms with Crippen molar-refractivity contribution in [1.82, 2.24) is 0 Å². The second kappa shape index (κ2) is 7.23. The Morgan fingerprint density at radius 3 is 2.16 bits per heavy atom. The quantitative estimate of drug-likeness (QED) is 0.548. The summed E-state index contributed by atoms with van der Waals surface area (Å²) < 4.78 is 12.0. The Morgan fingerprint density at radius 2 is 1.68 bits per heavy atom. The lowest BCUT2D eigenvalue weighted by Crippen LogP contribution is -2.25. The first-order valence-electron chi connectivity index (χ1n) is 7.09. The van der Waals surface area contributed by atoms with Gasteiger partial charge in [0.1, 0.15) is 0 Å². The van der Waals surface area contributed by atoms with Crippen molar-refractivity contribution in [2.45, 2.75) is 57.5 Å². The molecule has 19 heavy (non-hydrogen) atoms. The third kappa shape index (κ3) is 3.92. The number of hydrogen-bond acceptors (Lipinski definition) is 1. The smallest absolute Gasteiger partial charge is 0.324 e. The number of rotatable bonds is 8. The Labute approximate surface area is 116 Å². The van der Waals surface area contributed by atoms with Crippen molar-refractivity contribution in [3.63, 3.8) is 0 Å². The van der Waals surface area contributed by atoms with Crippen molar-refractivity contribution in [2.24, 2.45) is 0 Å². The summed E-state index contributed by atoms with van der Waals surface area (Å²) in [7, 11) is -4.18. The van der Waals surface area contributed by atoms with Crippen LogP contribution < -0.4 is 0 Å². The topological polar surface area (TPSA) is 57.5 Å². The Kier molecular flexibility index (Phi) is 6.25. The van der Waals surface area contributed by atoms with E-state index in [9.17, 15) is 14.4 Å². The molecule has 1 rings (SSSR count). The van der Waals surface area contributed by atoms with Crippen molar-refractivity contribution >= 4 is 7.60 Å². The fourth-order valence-electron chi connectivity index (χ4n) is 2.64. The molecule has 0 spiro atoms. The lowest BCUT2D eigenvalue weighted by atomic mass is 9.89. The van der Waals surface area contributed by atoms with Gasteiger partial charge in [-0.15, -0.1) is 0 Å².